The molecule has 1 aromatic carbocycles. The van der Waals surface area contributed by atoms with Crippen LogP contribution < -0.4 is 10.1 Å². The molecule has 0 saturated carbocycles. The van der Waals surface area contributed by atoms with E-state index in [4.69, 9.17) is 21.4 Å². The number of carbonyl (C=O) groups excluding carboxylic acids is 1. The smallest absolute Gasteiger partial charge is 0.407 e. The number of carbonyl (C=O) groups is 2. The van der Waals surface area contributed by atoms with Gasteiger partial charge in [-0.15, -0.1) is 0 Å². The van der Waals surface area contributed by atoms with Gasteiger partial charge in [-0.2, -0.15) is 0 Å². The number of ether oxygens (including phenoxy) is 1. The number of rotatable bonds is 3. The zero-order chi connectivity index (χ0) is 16.4. The maximum Gasteiger partial charge on any atom is 0.407 e. The second-order valence-electron chi connectivity index (χ2n) is 5.58. The number of benzene rings is 1. The SMILES string of the molecule is O=C1CCc2c(OCC3=CCN(C(=O)O)CC3)ccc(Cl)c2N1. The minimum Gasteiger partial charge on any atom is -0.489 e. The quantitative estimate of drug-likeness (QED) is 0.832. The van der Waals surface area contributed by atoms with Crippen LogP contribution in [0.2, 0.25) is 5.02 Å². The van der Waals surface area contributed by atoms with Gasteiger partial charge in [0.15, 0.2) is 0 Å². The lowest BCUT2D eigenvalue weighted by Gasteiger charge is -2.25. The molecule has 2 amide bonds. The summed E-state index contributed by atoms with van der Waals surface area (Å²) in [5.74, 6) is 0.672. The van der Waals surface area contributed by atoms with Gasteiger partial charge in [-0.05, 0) is 30.5 Å². The van der Waals surface area contributed by atoms with Crippen molar-refractivity contribution in [3.05, 3.63) is 34.4 Å². The van der Waals surface area contributed by atoms with Crippen molar-refractivity contribution in [1.29, 1.82) is 0 Å². The van der Waals surface area contributed by atoms with Gasteiger partial charge < -0.3 is 20.1 Å². The van der Waals surface area contributed by atoms with Crippen molar-refractivity contribution >= 4 is 29.3 Å². The fourth-order valence-corrected chi connectivity index (χ4v) is 2.97. The number of hydrogen-bond acceptors (Lipinski definition) is 3. The van der Waals surface area contributed by atoms with Gasteiger partial charge in [0, 0.05) is 25.1 Å². The number of amides is 2. The van der Waals surface area contributed by atoms with Crippen LogP contribution >= 0.6 is 11.6 Å². The third kappa shape index (κ3) is 3.42. The molecule has 6 nitrogen and oxygen atoms in total. The van der Waals surface area contributed by atoms with Gasteiger partial charge in [-0.25, -0.2) is 4.79 Å². The zero-order valence-corrected chi connectivity index (χ0v) is 13.2. The summed E-state index contributed by atoms with van der Waals surface area (Å²) in [6.07, 6.45) is 2.67. The summed E-state index contributed by atoms with van der Waals surface area (Å²) in [5.41, 5.74) is 2.63. The highest BCUT2D eigenvalue weighted by atomic mass is 35.5. The highest BCUT2D eigenvalue weighted by molar-refractivity contribution is 6.34. The molecular formula is C16H17ClN2O4. The Hall–Kier alpha value is -2.21. The lowest BCUT2D eigenvalue weighted by atomic mass is 10.0. The molecule has 7 heteroatoms. The van der Waals surface area contributed by atoms with Crippen molar-refractivity contribution < 1.29 is 19.4 Å². The number of fused-ring (bicyclic) bond motifs is 1. The Morgan fingerprint density at radius 2 is 2.17 bits per heavy atom. The summed E-state index contributed by atoms with van der Waals surface area (Å²) >= 11 is 6.13. The number of anilines is 1. The molecule has 0 fully saturated rings. The van der Waals surface area contributed by atoms with Crippen molar-refractivity contribution in [2.24, 2.45) is 0 Å². The largest absolute Gasteiger partial charge is 0.489 e. The van der Waals surface area contributed by atoms with Crippen molar-refractivity contribution in [3.63, 3.8) is 0 Å². The third-order valence-electron chi connectivity index (χ3n) is 4.07. The van der Waals surface area contributed by atoms with Crippen LogP contribution in [0.15, 0.2) is 23.8 Å². The second kappa shape index (κ2) is 6.50. The number of nitrogens with zero attached hydrogens (tertiary/aromatic N) is 1. The first-order valence-corrected chi connectivity index (χ1v) is 7.82. The van der Waals surface area contributed by atoms with Crippen LogP contribution in [0.1, 0.15) is 18.4 Å². The van der Waals surface area contributed by atoms with Crippen LogP contribution in [0.25, 0.3) is 0 Å². The van der Waals surface area contributed by atoms with E-state index in [1.54, 1.807) is 6.07 Å². The molecule has 0 bridgehead atoms. The molecule has 122 valence electrons. The number of hydrogen-bond donors (Lipinski definition) is 2. The van der Waals surface area contributed by atoms with Crippen LogP contribution in [-0.4, -0.2) is 41.7 Å². The average Bonchev–Trinajstić information content (AvgIpc) is 2.55. The zero-order valence-electron chi connectivity index (χ0n) is 12.5. The summed E-state index contributed by atoms with van der Waals surface area (Å²) in [4.78, 5) is 23.8. The Morgan fingerprint density at radius 1 is 1.35 bits per heavy atom. The molecule has 2 aliphatic rings. The van der Waals surface area contributed by atoms with Crippen molar-refractivity contribution in [1.82, 2.24) is 4.90 Å². The number of halogens is 1. The maximum absolute atomic E-state index is 11.5. The first kappa shape index (κ1) is 15.7. The average molecular weight is 337 g/mol. The molecule has 0 aliphatic carbocycles. The van der Waals surface area contributed by atoms with Gasteiger partial charge in [0.2, 0.25) is 5.91 Å². The highest BCUT2D eigenvalue weighted by Crippen LogP contribution is 2.37. The Bertz CT molecular complexity index is 687. The summed E-state index contributed by atoms with van der Waals surface area (Å²) in [6.45, 7) is 1.29. The summed E-state index contributed by atoms with van der Waals surface area (Å²) in [7, 11) is 0. The maximum atomic E-state index is 11.5. The van der Waals surface area contributed by atoms with E-state index in [1.807, 2.05) is 12.1 Å². The van der Waals surface area contributed by atoms with E-state index in [2.05, 4.69) is 5.32 Å². The van der Waals surface area contributed by atoms with E-state index in [9.17, 15) is 9.59 Å². The van der Waals surface area contributed by atoms with Gasteiger partial charge in [-0.3, -0.25) is 4.79 Å². The summed E-state index contributed by atoms with van der Waals surface area (Å²) < 4.78 is 5.89. The lowest BCUT2D eigenvalue weighted by Crippen LogP contribution is -2.34. The normalized spacial score (nSPS) is 17.2. The van der Waals surface area contributed by atoms with Crippen LogP contribution in [-0.2, 0) is 11.2 Å². The Kier molecular flexibility index (Phi) is 4.43. The van der Waals surface area contributed by atoms with Crippen LogP contribution in [0.3, 0.4) is 0 Å². The van der Waals surface area contributed by atoms with Gasteiger partial charge in [0.05, 0.1) is 10.7 Å². The van der Waals surface area contributed by atoms with Gasteiger partial charge >= 0.3 is 6.09 Å². The summed E-state index contributed by atoms with van der Waals surface area (Å²) in [6, 6.07) is 3.52. The summed E-state index contributed by atoms with van der Waals surface area (Å²) in [5, 5.41) is 12.2. The molecular weight excluding hydrogens is 320 g/mol. The van der Waals surface area contributed by atoms with E-state index in [0.717, 1.165) is 11.1 Å². The third-order valence-corrected chi connectivity index (χ3v) is 4.39. The van der Waals surface area contributed by atoms with Gasteiger partial charge in [0.25, 0.3) is 0 Å². The molecule has 0 saturated heterocycles. The monoisotopic (exact) mass is 336 g/mol. The Balaban J connectivity index is 1.69. The fourth-order valence-electron chi connectivity index (χ4n) is 2.75. The molecule has 1 aromatic rings. The molecule has 0 aromatic heterocycles. The molecule has 0 atom stereocenters. The van der Waals surface area contributed by atoms with Crippen molar-refractivity contribution in [2.45, 2.75) is 19.3 Å². The first-order chi connectivity index (χ1) is 11.0. The van der Waals surface area contributed by atoms with Crippen molar-refractivity contribution in [2.75, 3.05) is 25.0 Å². The van der Waals surface area contributed by atoms with Gasteiger partial charge in [-0.1, -0.05) is 17.7 Å². The number of nitrogens with one attached hydrogen (secondary N) is 1. The molecule has 2 heterocycles. The highest BCUT2D eigenvalue weighted by Gasteiger charge is 2.22. The van der Waals surface area contributed by atoms with Crippen LogP contribution in [0.5, 0.6) is 5.75 Å². The van der Waals surface area contributed by atoms with E-state index < -0.39 is 6.09 Å². The van der Waals surface area contributed by atoms with Crippen LogP contribution in [0.4, 0.5) is 10.5 Å². The van der Waals surface area contributed by atoms with E-state index in [1.165, 1.54) is 4.90 Å². The standard InChI is InChI=1S/C16H17ClN2O4/c17-12-2-3-13(11-1-4-14(20)18-15(11)12)23-9-10-5-7-19(8-6-10)16(21)22/h2-3,5H,1,4,6-9H2,(H,18,20)(H,21,22). The minimum atomic E-state index is -0.899. The fraction of sp³-hybridized carbons (Fsp3) is 0.375. The van der Waals surface area contributed by atoms with Crippen LogP contribution in [0, 0.1) is 0 Å². The Morgan fingerprint density at radius 3 is 2.87 bits per heavy atom. The van der Waals surface area contributed by atoms with Gasteiger partial charge in [0.1, 0.15) is 12.4 Å². The van der Waals surface area contributed by atoms with Crippen molar-refractivity contribution in [3.8, 4) is 5.75 Å². The molecule has 0 radical (unpaired) electrons. The second-order valence-corrected chi connectivity index (χ2v) is 5.98. The predicted molar refractivity (Wildman–Crippen MR) is 86.2 cm³/mol. The molecule has 23 heavy (non-hydrogen) atoms. The number of carboxylic acid groups (broad SMARTS) is 1. The predicted octanol–water partition coefficient (Wildman–Crippen LogP) is 2.91. The van der Waals surface area contributed by atoms with E-state index in [-0.39, 0.29) is 5.91 Å². The van der Waals surface area contributed by atoms with E-state index in [0.29, 0.717) is 55.4 Å². The molecule has 0 unspecified atom stereocenters. The Labute approximate surface area is 138 Å². The lowest BCUT2D eigenvalue weighted by molar-refractivity contribution is -0.116. The molecule has 2 aliphatic heterocycles. The van der Waals surface area contributed by atoms with E-state index >= 15 is 0 Å². The first-order valence-electron chi connectivity index (χ1n) is 7.44. The topological polar surface area (TPSA) is 78.9 Å². The molecule has 3 rings (SSSR count). The molecule has 0 spiro atoms. The minimum absolute atomic E-state index is 0.0414. The molecule has 2 N–H and O–H groups in total.